The zero-order valence-electron chi connectivity index (χ0n) is 14.7. The minimum Gasteiger partial charge on any atom is -0.380 e. The summed E-state index contributed by atoms with van der Waals surface area (Å²) in [6, 6.07) is 13.3. The molecule has 0 atom stereocenters. The number of nitrogens with one attached hydrogen (secondary N) is 1. The molecule has 0 aliphatic carbocycles. The van der Waals surface area contributed by atoms with E-state index in [0.29, 0.717) is 18.7 Å². The maximum Gasteiger partial charge on any atom is 0.251 e. The number of rotatable bonds is 5. The van der Waals surface area contributed by atoms with Crippen molar-refractivity contribution in [3.8, 4) is 0 Å². The van der Waals surface area contributed by atoms with Crippen LogP contribution < -0.4 is 5.32 Å². The predicted molar refractivity (Wildman–Crippen MR) is 97.3 cm³/mol. The predicted octanol–water partition coefficient (Wildman–Crippen LogP) is 3.32. The van der Waals surface area contributed by atoms with Crippen LogP contribution in [-0.4, -0.2) is 23.0 Å². The number of carbonyl (C=O) groups is 1. The van der Waals surface area contributed by atoms with Gasteiger partial charge in [0.05, 0.1) is 29.0 Å². The number of fused-ring (bicyclic) bond motifs is 1. The first-order valence-electron chi connectivity index (χ1n) is 8.17. The maximum atomic E-state index is 12.5. The summed E-state index contributed by atoms with van der Waals surface area (Å²) in [6.45, 7) is 4.83. The highest BCUT2D eigenvalue weighted by atomic mass is 16.5. The Morgan fingerprint density at radius 2 is 1.68 bits per heavy atom. The minimum absolute atomic E-state index is 0.130. The third-order valence-corrected chi connectivity index (χ3v) is 4.20. The van der Waals surface area contributed by atoms with Crippen LogP contribution in [-0.2, 0) is 17.9 Å². The van der Waals surface area contributed by atoms with Crippen molar-refractivity contribution in [2.24, 2.45) is 0 Å². The molecule has 0 spiro atoms. The molecule has 0 fully saturated rings. The highest BCUT2D eigenvalue weighted by Gasteiger charge is 2.10. The van der Waals surface area contributed by atoms with Gasteiger partial charge in [-0.25, -0.2) is 9.97 Å². The van der Waals surface area contributed by atoms with Crippen molar-refractivity contribution in [2.75, 3.05) is 7.11 Å². The van der Waals surface area contributed by atoms with Gasteiger partial charge in [0, 0.05) is 19.2 Å². The first-order valence-corrected chi connectivity index (χ1v) is 8.17. The van der Waals surface area contributed by atoms with Gasteiger partial charge in [-0.15, -0.1) is 0 Å². The van der Waals surface area contributed by atoms with Crippen molar-refractivity contribution in [3.63, 3.8) is 0 Å². The standard InChI is InChI=1S/C20H21N3O2/c1-13-14(2)23-19-10-15(8-9-18(19)22-13)20(24)21-11-16-6-4-5-7-17(16)12-25-3/h4-10H,11-12H2,1-3H3,(H,21,24). The first-order chi connectivity index (χ1) is 12.1. The van der Waals surface area contributed by atoms with Crippen LogP contribution in [0.25, 0.3) is 11.0 Å². The van der Waals surface area contributed by atoms with Crippen molar-refractivity contribution < 1.29 is 9.53 Å². The van der Waals surface area contributed by atoms with Crippen molar-refractivity contribution in [3.05, 3.63) is 70.5 Å². The van der Waals surface area contributed by atoms with E-state index >= 15 is 0 Å². The van der Waals surface area contributed by atoms with Crippen LogP contribution in [0.15, 0.2) is 42.5 Å². The Kier molecular flexibility index (Phi) is 5.05. The van der Waals surface area contributed by atoms with E-state index in [0.717, 1.165) is 33.5 Å². The number of carbonyl (C=O) groups excluding carboxylic acids is 1. The average molecular weight is 335 g/mol. The minimum atomic E-state index is -0.130. The largest absolute Gasteiger partial charge is 0.380 e. The van der Waals surface area contributed by atoms with Crippen molar-refractivity contribution in [2.45, 2.75) is 27.0 Å². The lowest BCUT2D eigenvalue weighted by Gasteiger charge is -2.10. The molecule has 3 aromatic rings. The molecule has 0 aliphatic heterocycles. The molecular formula is C20H21N3O2. The monoisotopic (exact) mass is 335 g/mol. The highest BCUT2D eigenvalue weighted by Crippen LogP contribution is 2.15. The first kappa shape index (κ1) is 17.0. The summed E-state index contributed by atoms with van der Waals surface area (Å²) in [5, 5.41) is 2.96. The van der Waals surface area contributed by atoms with E-state index in [4.69, 9.17) is 4.74 Å². The Bertz CT molecular complexity index is 922. The highest BCUT2D eigenvalue weighted by molar-refractivity contribution is 5.97. The number of nitrogens with zero attached hydrogens (tertiary/aromatic N) is 2. The van der Waals surface area contributed by atoms with Crippen LogP contribution in [0.1, 0.15) is 32.9 Å². The van der Waals surface area contributed by atoms with Gasteiger partial charge in [-0.2, -0.15) is 0 Å². The normalized spacial score (nSPS) is 10.8. The summed E-state index contributed by atoms with van der Waals surface area (Å²) in [6.07, 6.45) is 0. The van der Waals surface area contributed by atoms with Gasteiger partial charge in [0.2, 0.25) is 0 Å². The molecule has 1 heterocycles. The second kappa shape index (κ2) is 7.40. The fourth-order valence-electron chi connectivity index (χ4n) is 2.68. The lowest BCUT2D eigenvalue weighted by atomic mass is 10.1. The van der Waals surface area contributed by atoms with Gasteiger partial charge >= 0.3 is 0 Å². The molecule has 0 saturated heterocycles. The van der Waals surface area contributed by atoms with E-state index < -0.39 is 0 Å². The summed E-state index contributed by atoms with van der Waals surface area (Å²) in [4.78, 5) is 21.5. The van der Waals surface area contributed by atoms with Crippen LogP contribution in [0, 0.1) is 13.8 Å². The van der Waals surface area contributed by atoms with E-state index in [1.54, 1.807) is 19.2 Å². The van der Waals surface area contributed by atoms with Crippen molar-refractivity contribution in [1.82, 2.24) is 15.3 Å². The number of hydrogen-bond acceptors (Lipinski definition) is 4. The van der Waals surface area contributed by atoms with Gasteiger partial charge in [0.1, 0.15) is 0 Å². The molecule has 1 aromatic heterocycles. The molecule has 3 rings (SSSR count). The third kappa shape index (κ3) is 3.83. The number of aryl methyl sites for hydroxylation is 2. The van der Waals surface area contributed by atoms with E-state index in [2.05, 4.69) is 15.3 Å². The van der Waals surface area contributed by atoms with E-state index in [-0.39, 0.29) is 5.91 Å². The summed E-state index contributed by atoms with van der Waals surface area (Å²) in [5.74, 6) is -0.130. The van der Waals surface area contributed by atoms with Crippen molar-refractivity contribution in [1.29, 1.82) is 0 Å². The van der Waals surface area contributed by atoms with Crippen LogP contribution in [0.3, 0.4) is 0 Å². The molecule has 128 valence electrons. The molecule has 0 saturated carbocycles. The molecular weight excluding hydrogens is 314 g/mol. The molecule has 0 bridgehead atoms. The molecule has 5 heteroatoms. The number of aromatic nitrogens is 2. The number of hydrogen-bond donors (Lipinski definition) is 1. The molecule has 25 heavy (non-hydrogen) atoms. The van der Waals surface area contributed by atoms with Gasteiger partial charge in [-0.05, 0) is 43.2 Å². The zero-order valence-corrected chi connectivity index (χ0v) is 14.7. The van der Waals surface area contributed by atoms with Gasteiger partial charge in [-0.3, -0.25) is 4.79 Å². The van der Waals surface area contributed by atoms with Gasteiger partial charge in [0.25, 0.3) is 5.91 Å². The third-order valence-electron chi connectivity index (χ3n) is 4.20. The second-order valence-corrected chi connectivity index (χ2v) is 5.98. The van der Waals surface area contributed by atoms with E-state index in [9.17, 15) is 4.79 Å². The fraction of sp³-hybridized carbons (Fsp3) is 0.250. The number of methoxy groups -OCH3 is 1. The second-order valence-electron chi connectivity index (χ2n) is 5.98. The molecule has 1 amide bonds. The maximum absolute atomic E-state index is 12.5. The van der Waals surface area contributed by atoms with Crippen LogP contribution in [0.2, 0.25) is 0 Å². The average Bonchev–Trinajstić information content (AvgIpc) is 2.61. The Balaban J connectivity index is 1.77. The topological polar surface area (TPSA) is 64.1 Å². The summed E-state index contributed by atoms with van der Waals surface area (Å²) >= 11 is 0. The van der Waals surface area contributed by atoms with Crippen LogP contribution in [0.5, 0.6) is 0 Å². The Hall–Kier alpha value is -2.79. The molecule has 5 nitrogen and oxygen atoms in total. The Morgan fingerprint density at radius 1 is 1.00 bits per heavy atom. The van der Waals surface area contributed by atoms with Gasteiger partial charge in [-0.1, -0.05) is 24.3 Å². The Morgan fingerprint density at radius 3 is 2.40 bits per heavy atom. The smallest absolute Gasteiger partial charge is 0.251 e. The van der Waals surface area contributed by atoms with E-state index in [1.165, 1.54) is 0 Å². The van der Waals surface area contributed by atoms with Crippen LogP contribution >= 0.6 is 0 Å². The number of amides is 1. The lowest BCUT2D eigenvalue weighted by Crippen LogP contribution is -2.23. The summed E-state index contributed by atoms with van der Waals surface area (Å²) in [7, 11) is 1.66. The lowest BCUT2D eigenvalue weighted by molar-refractivity contribution is 0.0950. The quantitative estimate of drug-likeness (QED) is 0.777. The summed E-state index contributed by atoms with van der Waals surface area (Å²) in [5.41, 5.74) is 6.00. The fourth-order valence-corrected chi connectivity index (χ4v) is 2.68. The number of benzene rings is 2. The van der Waals surface area contributed by atoms with Crippen LogP contribution in [0.4, 0.5) is 0 Å². The SMILES string of the molecule is COCc1ccccc1CNC(=O)c1ccc2nc(C)c(C)nc2c1. The van der Waals surface area contributed by atoms with E-state index in [1.807, 2.05) is 44.2 Å². The van der Waals surface area contributed by atoms with Crippen molar-refractivity contribution >= 4 is 16.9 Å². The van der Waals surface area contributed by atoms with Gasteiger partial charge < -0.3 is 10.1 Å². The molecule has 0 aliphatic rings. The Labute approximate surface area is 147 Å². The molecule has 1 N–H and O–H groups in total. The molecule has 0 radical (unpaired) electrons. The summed E-state index contributed by atoms with van der Waals surface area (Å²) < 4.78 is 5.20. The number of ether oxygens (including phenoxy) is 1. The van der Waals surface area contributed by atoms with Gasteiger partial charge in [0.15, 0.2) is 0 Å². The zero-order chi connectivity index (χ0) is 17.8. The molecule has 0 unspecified atom stereocenters. The molecule has 2 aromatic carbocycles.